The summed E-state index contributed by atoms with van der Waals surface area (Å²) >= 11 is 0. The second kappa shape index (κ2) is 11.7. The Morgan fingerprint density at radius 2 is 1.41 bits per heavy atom. The fourth-order valence-corrected chi connectivity index (χ4v) is 3.52. The van der Waals surface area contributed by atoms with E-state index in [2.05, 4.69) is 10.6 Å². The van der Waals surface area contributed by atoms with Crippen molar-refractivity contribution in [1.29, 1.82) is 0 Å². The third-order valence-electron chi connectivity index (χ3n) is 5.61. The minimum atomic E-state index is -4.59. The number of alkyl halides is 3. The van der Waals surface area contributed by atoms with Crippen LogP contribution in [0.2, 0.25) is 0 Å². The van der Waals surface area contributed by atoms with Crippen LogP contribution >= 0.6 is 0 Å². The summed E-state index contributed by atoms with van der Waals surface area (Å²) in [6, 6.07) is 17.7. The average Bonchev–Trinajstić information content (AvgIpc) is 2.86. The molecule has 0 spiro atoms. The van der Waals surface area contributed by atoms with Gasteiger partial charge in [-0.3, -0.25) is 14.4 Å². The third kappa shape index (κ3) is 7.39. The summed E-state index contributed by atoms with van der Waals surface area (Å²) < 4.78 is 39.3. The molecule has 0 unspecified atom stereocenters. The largest absolute Gasteiger partial charge is 0.416 e. The van der Waals surface area contributed by atoms with Gasteiger partial charge in [-0.2, -0.15) is 13.2 Å². The molecular weight excluding hydrogens is 481 g/mol. The lowest BCUT2D eigenvalue weighted by atomic mass is 10.0. The molecule has 0 fully saturated rings. The van der Waals surface area contributed by atoms with Gasteiger partial charge in [0.25, 0.3) is 11.8 Å². The molecule has 3 aromatic rings. The van der Waals surface area contributed by atoms with Crippen molar-refractivity contribution in [3.05, 3.63) is 101 Å². The van der Waals surface area contributed by atoms with Gasteiger partial charge in [-0.25, -0.2) is 0 Å². The van der Waals surface area contributed by atoms with Crippen molar-refractivity contribution in [3.8, 4) is 0 Å². The van der Waals surface area contributed by atoms with Crippen LogP contribution in [0.5, 0.6) is 0 Å². The number of anilines is 2. The fourth-order valence-electron chi connectivity index (χ4n) is 3.52. The second-order valence-electron chi connectivity index (χ2n) is 8.72. The Morgan fingerprint density at radius 3 is 1.95 bits per heavy atom. The number of carbonyl (C=O) groups excluding carboxylic acids is 3. The lowest BCUT2D eigenvalue weighted by Gasteiger charge is -2.13. The van der Waals surface area contributed by atoms with Crippen molar-refractivity contribution in [2.24, 2.45) is 0 Å². The van der Waals surface area contributed by atoms with Crippen LogP contribution in [0.15, 0.2) is 78.4 Å². The van der Waals surface area contributed by atoms with Crippen molar-refractivity contribution in [2.75, 3.05) is 10.6 Å². The van der Waals surface area contributed by atoms with Crippen LogP contribution in [0, 0.1) is 0 Å². The highest BCUT2D eigenvalue weighted by Crippen LogP contribution is 2.31. The summed E-state index contributed by atoms with van der Waals surface area (Å²) in [4.78, 5) is 38.4. The molecule has 0 aliphatic heterocycles. The number of nitrogens with one attached hydrogen (secondary N) is 2. The summed E-state index contributed by atoms with van der Waals surface area (Å²) in [7, 11) is 0. The molecule has 37 heavy (non-hydrogen) atoms. The van der Waals surface area contributed by atoms with E-state index < -0.39 is 23.6 Å². The Bertz CT molecular complexity index is 1330. The first-order valence-corrected chi connectivity index (χ1v) is 11.7. The topological polar surface area (TPSA) is 75.3 Å². The molecule has 2 amide bonds. The van der Waals surface area contributed by atoms with E-state index in [0.29, 0.717) is 16.8 Å². The van der Waals surface area contributed by atoms with Gasteiger partial charge in [0.1, 0.15) is 5.57 Å². The molecule has 0 aromatic heterocycles. The molecule has 192 valence electrons. The highest BCUT2D eigenvalue weighted by atomic mass is 19.4. The SMILES string of the molecule is CCC(=O)c1cccc(NC(=O)/C(=C/c2ccc(C(C)C)cc2)C(=O)Nc2cccc(C(F)(F)F)c2)c1. The highest BCUT2D eigenvalue weighted by Gasteiger charge is 2.30. The number of amides is 2. The summed E-state index contributed by atoms with van der Waals surface area (Å²) in [5, 5.41) is 5.00. The maximum atomic E-state index is 13.2. The van der Waals surface area contributed by atoms with E-state index in [4.69, 9.17) is 0 Å². The molecule has 0 saturated heterocycles. The monoisotopic (exact) mass is 508 g/mol. The third-order valence-corrected chi connectivity index (χ3v) is 5.61. The summed E-state index contributed by atoms with van der Waals surface area (Å²) in [5.74, 6) is -1.49. The van der Waals surface area contributed by atoms with Crippen LogP contribution in [-0.4, -0.2) is 17.6 Å². The minimum absolute atomic E-state index is 0.107. The van der Waals surface area contributed by atoms with Gasteiger partial charge in [-0.1, -0.05) is 63.2 Å². The number of rotatable bonds is 8. The van der Waals surface area contributed by atoms with Crippen molar-refractivity contribution < 1.29 is 27.6 Å². The molecular formula is C29H27F3N2O3. The highest BCUT2D eigenvalue weighted by molar-refractivity contribution is 6.28. The van der Waals surface area contributed by atoms with E-state index in [1.807, 2.05) is 26.0 Å². The van der Waals surface area contributed by atoms with E-state index >= 15 is 0 Å². The van der Waals surface area contributed by atoms with Crippen molar-refractivity contribution in [1.82, 2.24) is 0 Å². The first kappa shape index (κ1) is 27.4. The van der Waals surface area contributed by atoms with Crippen molar-refractivity contribution in [2.45, 2.75) is 39.3 Å². The Kier molecular flexibility index (Phi) is 8.65. The first-order valence-electron chi connectivity index (χ1n) is 11.7. The molecule has 0 saturated carbocycles. The normalized spacial score (nSPS) is 11.8. The van der Waals surface area contributed by atoms with E-state index in [1.165, 1.54) is 24.3 Å². The molecule has 3 aromatic carbocycles. The number of hydrogen-bond acceptors (Lipinski definition) is 3. The van der Waals surface area contributed by atoms with Gasteiger partial charge in [-0.15, -0.1) is 0 Å². The summed E-state index contributed by atoms with van der Waals surface area (Å²) in [6.07, 6.45) is -2.94. The minimum Gasteiger partial charge on any atom is -0.322 e. The molecule has 5 nitrogen and oxygen atoms in total. The predicted molar refractivity (Wildman–Crippen MR) is 138 cm³/mol. The smallest absolute Gasteiger partial charge is 0.322 e. The van der Waals surface area contributed by atoms with Crippen molar-refractivity contribution >= 4 is 35.0 Å². The predicted octanol–water partition coefficient (Wildman–Crippen LogP) is 7.08. The first-order chi connectivity index (χ1) is 17.5. The van der Waals surface area contributed by atoms with Crippen LogP contribution in [0.4, 0.5) is 24.5 Å². The molecule has 0 aliphatic rings. The van der Waals surface area contributed by atoms with E-state index in [-0.39, 0.29) is 29.4 Å². The Hall–Kier alpha value is -4.20. The van der Waals surface area contributed by atoms with Crippen molar-refractivity contribution in [3.63, 3.8) is 0 Å². The molecule has 0 bridgehead atoms. The van der Waals surface area contributed by atoms with Gasteiger partial charge in [-0.05, 0) is 53.5 Å². The zero-order valence-electron chi connectivity index (χ0n) is 20.6. The van der Waals surface area contributed by atoms with Gasteiger partial charge in [0.15, 0.2) is 5.78 Å². The Labute approximate surface area is 213 Å². The lowest BCUT2D eigenvalue weighted by Crippen LogP contribution is -2.25. The van der Waals surface area contributed by atoms with Gasteiger partial charge >= 0.3 is 6.18 Å². The Balaban J connectivity index is 1.94. The number of carbonyl (C=O) groups is 3. The molecule has 8 heteroatoms. The summed E-state index contributed by atoms with van der Waals surface area (Å²) in [5.41, 5.74) is 0.978. The standard InChI is InChI=1S/C29H27F3N2O3/c1-4-26(35)21-7-5-9-23(16-21)33-27(36)25(15-19-11-13-20(14-12-19)18(2)3)28(37)34-24-10-6-8-22(17-24)29(30,31)32/h5-18H,4H2,1-3H3,(H,33,36)(H,34,37)/b25-15-. The number of hydrogen-bond donors (Lipinski definition) is 2. The van der Waals surface area contributed by atoms with Crippen LogP contribution in [-0.2, 0) is 15.8 Å². The molecule has 3 rings (SSSR count). The number of benzene rings is 3. The van der Waals surface area contributed by atoms with E-state index in [9.17, 15) is 27.6 Å². The van der Waals surface area contributed by atoms with Crippen LogP contribution in [0.1, 0.15) is 60.2 Å². The van der Waals surface area contributed by atoms with Gasteiger partial charge in [0.05, 0.1) is 5.56 Å². The molecule has 0 aliphatic carbocycles. The lowest BCUT2D eigenvalue weighted by molar-refractivity contribution is -0.137. The molecule has 0 atom stereocenters. The molecule has 0 radical (unpaired) electrons. The van der Waals surface area contributed by atoms with Crippen LogP contribution in [0.25, 0.3) is 6.08 Å². The Morgan fingerprint density at radius 1 is 0.838 bits per heavy atom. The molecule has 0 heterocycles. The average molecular weight is 509 g/mol. The van der Waals surface area contributed by atoms with Crippen LogP contribution in [0.3, 0.4) is 0 Å². The van der Waals surface area contributed by atoms with Gasteiger partial charge < -0.3 is 10.6 Å². The fraction of sp³-hybridized carbons (Fsp3) is 0.207. The van der Waals surface area contributed by atoms with Gasteiger partial charge in [0, 0.05) is 23.4 Å². The number of Topliss-reactive ketones (excluding diaryl/α,β-unsaturated/α-hetero) is 1. The maximum absolute atomic E-state index is 13.2. The number of ketones is 1. The van der Waals surface area contributed by atoms with Crippen LogP contribution < -0.4 is 10.6 Å². The maximum Gasteiger partial charge on any atom is 0.416 e. The van der Waals surface area contributed by atoms with Gasteiger partial charge in [0.2, 0.25) is 0 Å². The quantitative estimate of drug-likeness (QED) is 0.148. The zero-order chi connectivity index (χ0) is 27.2. The number of halogens is 3. The molecule has 2 N–H and O–H groups in total. The van der Waals surface area contributed by atoms with E-state index in [1.54, 1.807) is 37.3 Å². The zero-order valence-corrected chi connectivity index (χ0v) is 20.6. The second-order valence-corrected chi connectivity index (χ2v) is 8.72. The van der Waals surface area contributed by atoms with E-state index in [0.717, 1.165) is 17.7 Å². The summed E-state index contributed by atoms with van der Waals surface area (Å²) in [6.45, 7) is 5.78.